The number of rotatable bonds is 2. The van der Waals surface area contributed by atoms with Gasteiger partial charge in [-0.15, -0.1) is 0 Å². The number of nitrogens with zero attached hydrogens (tertiary/aromatic N) is 1. The Hall–Kier alpha value is -2.70. The molecule has 3 heterocycles. The van der Waals surface area contributed by atoms with Crippen molar-refractivity contribution in [2.45, 2.75) is 18.9 Å². The van der Waals surface area contributed by atoms with E-state index >= 15 is 0 Å². The van der Waals surface area contributed by atoms with Crippen LogP contribution in [0.2, 0.25) is 0 Å². The van der Waals surface area contributed by atoms with Gasteiger partial charge in [0.15, 0.2) is 5.58 Å². The summed E-state index contributed by atoms with van der Waals surface area (Å²) in [6.45, 7) is 0. The van der Waals surface area contributed by atoms with E-state index in [0.29, 0.717) is 23.1 Å². The molecule has 3 rings (SSSR count). The molecule has 1 atom stereocenters. The first-order valence-corrected chi connectivity index (χ1v) is 6.11. The Balaban J connectivity index is 1.75. The van der Waals surface area contributed by atoms with Gasteiger partial charge < -0.3 is 9.73 Å². The molecule has 7 heteroatoms. The summed E-state index contributed by atoms with van der Waals surface area (Å²) in [7, 11) is 0. The lowest BCUT2D eigenvalue weighted by atomic mass is 10.1. The normalized spacial score (nSPS) is 18.9. The highest BCUT2D eigenvalue weighted by Gasteiger charge is 2.28. The Labute approximate surface area is 113 Å². The molecule has 0 unspecified atom stereocenters. The van der Waals surface area contributed by atoms with E-state index in [1.165, 1.54) is 12.5 Å². The summed E-state index contributed by atoms with van der Waals surface area (Å²) in [6.07, 6.45) is 3.41. The van der Waals surface area contributed by atoms with E-state index in [0.717, 1.165) is 0 Å². The number of fused-ring (bicyclic) bond motifs is 1. The summed E-state index contributed by atoms with van der Waals surface area (Å²) in [5.41, 5.74) is 1.46. The van der Waals surface area contributed by atoms with Crippen LogP contribution in [0.3, 0.4) is 0 Å². The van der Waals surface area contributed by atoms with Crippen LogP contribution in [0, 0.1) is 0 Å². The van der Waals surface area contributed by atoms with Gasteiger partial charge in [0, 0.05) is 18.7 Å². The van der Waals surface area contributed by atoms with E-state index in [9.17, 15) is 14.4 Å². The smallest absolute Gasteiger partial charge is 0.253 e. The lowest BCUT2D eigenvalue weighted by Crippen LogP contribution is -2.52. The maximum Gasteiger partial charge on any atom is 0.253 e. The van der Waals surface area contributed by atoms with Crippen molar-refractivity contribution in [2.24, 2.45) is 0 Å². The second kappa shape index (κ2) is 4.76. The molecule has 2 aromatic heterocycles. The number of carbonyl (C=O) groups is 3. The fraction of sp³-hybridized carbons (Fsp3) is 0.231. The van der Waals surface area contributed by atoms with Gasteiger partial charge in [-0.05, 0) is 12.5 Å². The van der Waals surface area contributed by atoms with Gasteiger partial charge in [0.05, 0.1) is 11.8 Å². The van der Waals surface area contributed by atoms with Crippen LogP contribution < -0.4 is 10.6 Å². The van der Waals surface area contributed by atoms with Gasteiger partial charge in [-0.1, -0.05) is 0 Å². The number of hydrogen-bond donors (Lipinski definition) is 2. The highest BCUT2D eigenvalue weighted by molar-refractivity contribution is 6.04. The highest BCUT2D eigenvalue weighted by atomic mass is 16.3. The zero-order valence-corrected chi connectivity index (χ0v) is 10.4. The van der Waals surface area contributed by atoms with Gasteiger partial charge in [-0.3, -0.25) is 24.7 Å². The van der Waals surface area contributed by atoms with Crippen molar-refractivity contribution >= 4 is 28.8 Å². The summed E-state index contributed by atoms with van der Waals surface area (Å²) in [4.78, 5) is 38.7. The fourth-order valence-corrected chi connectivity index (χ4v) is 2.04. The quantitative estimate of drug-likeness (QED) is 0.769. The number of aromatic nitrogens is 1. The molecular formula is C13H11N3O4. The Morgan fingerprint density at radius 3 is 3.10 bits per heavy atom. The van der Waals surface area contributed by atoms with Crippen molar-refractivity contribution in [3.63, 3.8) is 0 Å². The third-order valence-corrected chi connectivity index (χ3v) is 3.11. The molecule has 1 aliphatic heterocycles. The second-order valence-electron chi connectivity index (χ2n) is 4.51. The number of piperidine rings is 1. The highest BCUT2D eigenvalue weighted by Crippen LogP contribution is 2.14. The van der Waals surface area contributed by atoms with Crippen LogP contribution in [0.15, 0.2) is 29.0 Å². The largest absolute Gasteiger partial charge is 0.463 e. The van der Waals surface area contributed by atoms with E-state index in [1.807, 2.05) is 0 Å². The first kappa shape index (κ1) is 12.3. The number of nitrogens with one attached hydrogen (secondary N) is 2. The van der Waals surface area contributed by atoms with Gasteiger partial charge in [-0.25, -0.2) is 0 Å². The molecule has 0 aliphatic carbocycles. The van der Waals surface area contributed by atoms with Crippen LogP contribution in [0.1, 0.15) is 23.2 Å². The van der Waals surface area contributed by atoms with Crippen LogP contribution in [0.25, 0.3) is 11.1 Å². The Morgan fingerprint density at radius 1 is 1.45 bits per heavy atom. The standard InChI is InChI=1S/C13H11N3O4/c17-11-2-1-9(13(19)16-11)15-12(18)7-5-10-8(14-6-7)3-4-20-10/h3-6,9H,1-2H2,(H,15,18)(H,16,17,19)/t9-/m1/s1. The van der Waals surface area contributed by atoms with E-state index in [1.54, 1.807) is 12.1 Å². The van der Waals surface area contributed by atoms with E-state index in [-0.39, 0.29) is 12.3 Å². The van der Waals surface area contributed by atoms with Crippen LogP contribution >= 0.6 is 0 Å². The zero-order valence-electron chi connectivity index (χ0n) is 10.4. The molecule has 1 fully saturated rings. The van der Waals surface area contributed by atoms with Crippen LogP contribution in [-0.4, -0.2) is 28.7 Å². The number of pyridine rings is 1. The molecule has 2 N–H and O–H groups in total. The monoisotopic (exact) mass is 273 g/mol. The number of furan rings is 1. The van der Waals surface area contributed by atoms with E-state index in [2.05, 4.69) is 15.6 Å². The minimum atomic E-state index is -0.701. The molecule has 0 bridgehead atoms. The van der Waals surface area contributed by atoms with Gasteiger partial charge in [0.2, 0.25) is 11.8 Å². The molecule has 7 nitrogen and oxygen atoms in total. The van der Waals surface area contributed by atoms with Crippen molar-refractivity contribution < 1.29 is 18.8 Å². The maximum absolute atomic E-state index is 12.0. The first-order chi connectivity index (χ1) is 9.63. The first-order valence-electron chi connectivity index (χ1n) is 6.11. The Kier molecular flexibility index (Phi) is 2.94. The van der Waals surface area contributed by atoms with Crippen molar-refractivity contribution in [2.75, 3.05) is 0 Å². The Morgan fingerprint density at radius 2 is 2.30 bits per heavy atom. The van der Waals surface area contributed by atoms with Crippen LogP contribution in [0.4, 0.5) is 0 Å². The minimum absolute atomic E-state index is 0.214. The van der Waals surface area contributed by atoms with Crippen molar-refractivity contribution in [3.05, 3.63) is 30.2 Å². The molecule has 3 amide bonds. The predicted molar refractivity (Wildman–Crippen MR) is 67.6 cm³/mol. The molecule has 1 saturated heterocycles. The average molecular weight is 273 g/mol. The van der Waals surface area contributed by atoms with Crippen molar-refractivity contribution in [1.29, 1.82) is 0 Å². The Bertz CT molecular complexity index is 706. The predicted octanol–water partition coefficient (Wildman–Crippen LogP) is 0.363. The van der Waals surface area contributed by atoms with E-state index in [4.69, 9.17) is 4.42 Å². The second-order valence-corrected chi connectivity index (χ2v) is 4.51. The number of carbonyl (C=O) groups excluding carboxylic acids is 3. The number of amides is 3. The number of imide groups is 1. The lowest BCUT2D eigenvalue weighted by molar-refractivity contribution is -0.134. The zero-order chi connectivity index (χ0) is 14.1. The molecule has 1 aliphatic rings. The number of hydrogen-bond acceptors (Lipinski definition) is 5. The lowest BCUT2D eigenvalue weighted by Gasteiger charge is -2.21. The summed E-state index contributed by atoms with van der Waals surface area (Å²) in [5, 5.41) is 4.76. The maximum atomic E-state index is 12.0. The topological polar surface area (TPSA) is 101 Å². The molecule has 20 heavy (non-hydrogen) atoms. The summed E-state index contributed by atoms with van der Waals surface area (Å²) in [6, 6.07) is 2.55. The third kappa shape index (κ3) is 2.25. The average Bonchev–Trinajstić information content (AvgIpc) is 2.89. The summed E-state index contributed by atoms with van der Waals surface area (Å²) in [5.74, 6) is -1.23. The molecule has 0 saturated carbocycles. The van der Waals surface area contributed by atoms with Crippen LogP contribution in [0.5, 0.6) is 0 Å². The third-order valence-electron chi connectivity index (χ3n) is 3.11. The van der Waals surface area contributed by atoms with E-state index < -0.39 is 17.9 Å². The SMILES string of the molecule is O=C1CC[C@@H](NC(=O)c2cnc3ccoc3c2)C(=O)N1. The van der Waals surface area contributed by atoms with Gasteiger partial charge in [-0.2, -0.15) is 0 Å². The summed E-state index contributed by atoms with van der Waals surface area (Å²) < 4.78 is 5.17. The molecule has 0 spiro atoms. The van der Waals surface area contributed by atoms with Gasteiger partial charge >= 0.3 is 0 Å². The minimum Gasteiger partial charge on any atom is -0.463 e. The van der Waals surface area contributed by atoms with Gasteiger partial charge in [0.1, 0.15) is 11.6 Å². The molecule has 0 radical (unpaired) electrons. The van der Waals surface area contributed by atoms with Crippen molar-refractivity contribution in [3.8, 4) is 0 Å². The van der Waals surface area contributed by atoms with Gasteiger partial charge in [0.25, 0.3) is 5.91 Å². The molecule has 0 aromatic carbocycles. The van der Waals surface area contributed by atoms with Crippen molar-refractivity contribution in [1.82, 2.24) is 15.6 Å². The summed E-state index contributed by atoms with van der Waals surface area (Å²) >= 11 is 0. The van der Waals surface area contributed by atoms with Crippen LogP contribution in [-0.2, 0) is 9.59 Å². The molecule has 102 valence electrons. The molecular weight excluding hydrogens is 262 g/mol. The fourth-order valence-electron chi connectivity index (χ4n) is 2.04. The molecule has 2 aromatic rings.